The molecule has 0 aliphatic heterocycles. The summed E-state index contributed by atoms with van der Waals surface area (Å²) in [7, 11) is 1.91. The molecule has 1 N–H and O–H groups in total. The molecule has 2 aromatic heterocycles. The molecule has 0 fully saturated rings. The molecule has 0 radical (unpaired) electrons. The lowest BCUT2D eigenvalue weighted by atomic mass is 10.1. The van der Waals surface area contributed by atoms with E-state index in [9.17, 15) is 0 Å². The van der Waals surface area contributed by atoms with Gasteiger partial charge in [0.05, 0.1) is 11.4 Å². The molecule has 0 atom stereocenters. The molecule has 0 bridgehead atoms. The summed E-state index contributed by atoms with van der Waals surface area (Å²) in [5, 5.41) is 7.66. The van der Waals surface area contributed by atoms with Crippen molar-refractivity contribution < 1.29 is 0 Å². The second kappa shape index (κ2) is 5.60. The SMILES string of the molecule is Cc1cccc(Nc2nccc(-c3cn(C)nc3C)n2)c1C. The van der Waals surface area contributed by atoms with Crippen molar-refractivity contribution in [3.05, 3.63) is 53.5 Å². The van der Waals surface area contributed by atoms with Crippen LogP contribution >= 0.6 is 0 Å². The largest absolute Gasteiger partial charge is 0.324 e. The van der Waals surface area contributed by atoms with Gasteiger partial charge in [-0.15, -0.1) is 0 Å². The minimum Gasteiger partial charge on any atom is -0.324 e. The summed E-state index contributed by atoms with van der Waals surface area (Å²) < 4.78 is 1.80. The van der Waals surface area contributed by atoms with E-state index in [0.29, 0.717) is 5.95 Å². The summed E-state index contributed by atoms with van der Waals surface area (Å²) in [4.78, 5) is 8.93. The maximum Gasteiger partial charge on any atom is 0.227 e. The number of hydrogen-bond acceptors (Lipinski definition) is 4. The normalized spacial score (nSPS) is 10.7. The van der Waals surface area contributed by atoms with Crippen molar-refractivity contribution in [2.45, 2.75) is 20.8 Å². The van der Waals surface area contributed by atoms with E-state index >= 15 is 0 Å². The maximum absolute atomic E-state index is 4.61. The Balaban J connectivity index is 1.95. The third-order valence-electron chi connectivity index (χ3n) is 3.80. The van der Waals surface area contributed by atoms with Crippen LogP contribution in [0.3, 0.4) is 0 Å². The van der Waals surface area contributed by atoms with Crippen LogP contribution in [0.25, 0.3) is 11.3 Å². The average Bonchev–Trinajstić information content (AvgIpc) is 2.83. The third kappa shape index (κ3) is 2.70. The van der Waals surface area contributed by atoms with E-state index < -0.39 is 0 Å². The van der Waals surface area contributed by atoms with E-state index in [1.54, 1.807) is 10.9 Å². The Hall–Kier alpha value is -2.69. The zero-order valence-corrected chi connectivity index (χ0v) is 13.3. The fraction of sp³-hybridized carbons (Fsp3) is 0.235. The fourth-order valence-electron chi connectivity index (χ4n) is 2.43. The molecule has 0 amide bonds. The topological polar surface area (TPSA) is 55.6 Å². The standard InChI is InChI=1S/C17H19N5/c1-11-6-5-7-15(12(11)2)19-17-18-9-8-16(20-17)14-10-22(4)21-13(14)3/h5-10H,1-4H3,(H,18,19,20). The number of nitrogens with zero attached hydrogens (tertiary/aromatic N) is 4. The van der Waals surface area contributed by atoms with Gasteiger partial charge in [-0.25, -0.2) is 9.97 Å². The molecule has 0 unspecified atom stereocenters. The van der Waals surface area contributed by atoms with Gasteiger partial charge in [0.1, 0.15) is 0 Å². The van der Waals surface area contributed by atoms with E-state index in [2.05, 4.69) is 40.3 Å². The van der Waals surface area contributed by atoms with Gasteiger partial charge < -0.3 is 5.32 Å². The van der Waals surface area contributed by atoms with Gasteiger partial charge >= 0.3 is 0 Å². The molecule has 1 aromatic carbocycles. The first-order valence-corrected chi connectivity index (χ1v) is 7.21. The molecule has 0 aliphatic rings. The summed E-state index contributed by atoms with van der Waals surface area (Å²) in [5.41, 5.74) is 6.32. The Kier molecular flexibility index (Phi) is 3.63. The lowest BCUT2D eigenvalue weighted by molar-refractivity contribution is 0.756. The number of benzene rings is 1. The zero-order chi connectivity index (χ0) is 15.7. The van der Waals surface area contributed by atoms with Gasteiger partial charge in [0, 0.05) is 30.7 Å². The fourth-order valence-corrected chi connectivity index (χ4v) is 2.43. The quantitative estimate of drug-likeness (QED) is 0.802. The highest BCUT2D eigenvalue weighted by molar-refractivity contribution is 5.64. The molecule has 0 aliphatic carbocycles. The van der Waals surface area contributed by atoms with Crippen LogP contribution in [-0.2, 0) is 7.05 Å². The number of rotatable bonds is 3. The van der Waals surface area contributed by atoms with Gasteiger partial charge in [-0.2, -0.15) is 5.10 Å². The van der Waals surface area contributed by atoms with Crippen molar-refractivity contribution >= 4 is 11.6 Å². The van der Waals surface area contributed by atoms with Gasteiger partial charge in [-0.05, 0) is 44.0 Å². The summed E-state index contributed by atoms with van der Waals surface area (Å²) in [6, 6.07) is 8.06. The van der Waals surface area contributed by atoms with Crippen LogP contribution in [0.2, 0.25) is 0 Å². The van der Waals surface area contributed by atoms with Crippen LogP contribution in [-0.4, -0.2) is 19.7 Å². The van der Waals surface area contributed by atoms with E-state index in [1.807, 2.05) is 38.4 Å². The summed E-state index contributed by atoms with van der Waals surface area (Å²) >= 11 is 0. The number of aromatic nitrogens is 4. The molecule has 112 valence electrons. The van der Waals surface area contributed by atoms with Crippen LogP contribution in [0.4, 0.5) is 11.6 Å². The van der Waals surface area contributed by atoms with Crippen LogP contribution < -0.4 is 5.32 Å². The Morgan fingerprint density at radius 3 is 2.64 bits per heavy atom. The molecule has 5 nitrogen and oxygen atoms in total. The predicted molar refractivity (Wildman–Crippen MR) is 88.2 cm³/mol. The number of nitrogens with one attached hydrogen (secondary N) is 1. The van der Waals surface area contributed by atoms with E-state index in [4.69, 9.17) is 0 Å². The Morgan fingerprint density at radius 2 is 1.91 bits per heavy atom. The molecule has 3 rings (SSSR count). The third-order valence-corrected chi connectivity index (χ3v) is 3.80. The monoisotopic (exact) mass is 293 g/mol. The highest BCUT2D eigenvalue weighted by atomic mass is 15.3. The van der Waals surface area contributed by atoms with Crippen molar-refractivity contribution in [2.24, 2.45) is 7.05 Å². The minimum absolute atomic E-state index is 0.592. The molecule has 0 saturated carbocycles. The number of hydrogen-bond donors (Lipinski definition) is 1. The highest BCUT2D eigenvalue weighted by Crippen LogP contribution is 2.24. The van der Waals surface area contributed by atoms with Gasteiger partial charge in [-0.1, -0.05) is 12.1 Å². The van der Waals surface area contributed by atoms with E-state index in [0.717, 1.165) is 22.6 Å². The van der Waals surface area contributed by atoms with Crippen LogP contribution in [0.1, 0.15) is 16.8 Å². The Bertz CT molecular complexity index is 820. The van der Waals surface area contributed by atoms with Gasteiger partial charge in [0.15, 0.2) is 0 Å². The molecule has 5 heteroatoms. The average molecular weight is 293 g/mol. The second-order valence-corrected chi connectivity index (χ2v) is 5.44. The van der Waals surface area contributed by atoms with Gasteiger partial charge in [0.25, 0.3) is 0 Å². The lowest BCUT2D eigenvalue weighted by Crippen LogP contribution is -2.00. The molecular formula is C17H19N5. The van der Waals surface area contributed by atoms with Crippen LogP contribution in [0.5, 0.6) is 0 Å². The summed E-state index contributed by atoms with van der Waals surface area (Å²) in [5.74, 6) is 0.592. The van der Waals surface area contributed by atoms with Crippen molar-refractivity contribution in [2.75, 3.05) is 5.32 Å². The summed E-state index contributed by atoms with van der Waals surface area (Å²) in [6.07, 6.45) is 3.74. The molecule has 2 heterocycles. The lowest BCUT2D eigenvalue weighted by Gasteiger charge is -2.10. The number of anilines is 2. The minimum atomic E-state index is 0.592. The Labute approximate surface area is 130 Å². The van der Waals surface area contributed by atoms with Crippen molar-refractivity contribution in [1.82, 2.24) is 19.7 Å². The van der Waals surface area contributed by atoms with Crippen molar-refractivity contribution in [3.63, 3.8) is 0 Å². The molecule has 22 heavy (non-hydrogen) atoms. The van der Waals surface area contributed by atoms with Gasteiger partial charge in [-0.3, -0.25) is 4.68 Å². The molecular weight excluding hydrogens is 274 g/mol. The molecule has 3 aromatic rings. The number of aryl methyl sites for hydroxylation is 3. The Morgan fingerprint density at radius 1 is 1.09 bits per heavy atom. The predicted octanol–water partition coefficient (Wildman–Crippen LogP) is 3.55. The van der Waals surface area contributed by atoms with Crippen LogP contribution in [0.15, 0.2) is 36.7 Å². The van der Waals surface area contributed by atoms with Gasteiger partial charge in [0.2, 0.25) is 5.95 Å². The van der Waals surface area contributed by atoms with E-state index in [-0.39, 0.29) is 0 Å². The molecule has 0 spiro atoms. The van der Waals surface area contributed by atoms with E-state index in [1.165, 1.54) is 11.1 Å². The van der Waals surface area contributed by atoms with Crippen molar-refractivity contribution in [3.8, 4) is 11.3 Å². The summed E-state index contributed by atoms with van der Waals surface area (Å²) in [6.45, 7) is 6.17. The smallest absolute Gasteiger partial charge is 0.227 e. The first-order chi connectivity index (χ1) is 10.5. The van der Waals surface area contributed by atoms with Crippen LogP contribution in [0, 0.1) is 20.8 Å². The zero-order valence-electron chi connectivity index (χ0n) is 13.3. The second-order valence-electron chi connectivity index (χ2n) is 5.44. The molecule has 0 saturated heterocycles. The first-order valence-electron chi connectivity index (χ1n) is 7.21. The maximum atomic E-state index is 4.61. The first kappa shape index (κ1) is 14.3. The highest BCUT2D eigenvalue weighted by Gasteiger charge is 2.09. The van der Waals surface area contributed by atoms with Crippen molar-refractivity contribution in [1.29, 1.82) is 0 Å².